The largest absolute Gasteiger partial charge is 0.508 e. The van der Waals surface area contributed by atoms with Gasteiger partial charge in [-0.3, -0.25) is 0 Å². The highest BCUT2D eigenvalue weighted by atomic mass is 19.4. The lowest BCUT2D eigenvalue weighted by Gasteiger charge is -2.24. The molecule has 0 amide bonds. The van der Waals surface area contributed by atoms with Gasteiger partial charge in [0.05, 0.1) is 0 Å². The van der Waals surface area contributed by atoms with E-state index < -0.39 is 54.9 Å². The van der Waals surface area contributed by atoms with E-state index in [1.165, 1.54) is 0 Å². The van der Waals surface area contributed by atoms with Crippen LogP contribution in [0.4, 0.5) is 64.3 Å². The molecule has 0 saturated heterocycles. The van der Waals surface area contributed by atoms with E-state index in [1.54, 1.807) is 0 Å². The van der Waals surface area contributed by atoms with Gasteiger partial charge in [-0.15, -0.1) is 4.98 Å². The minimum atomic E-state index is -6.13. The summed E-state index contributed by atoms with van der Waals surface area (Å²) in [6.07, 6.45) is -33.7. The van der Waals surface area contributed by atoms with Crippen LogP contribution >= 0.6 is 0 Å². The lowest BCUT2D eigenvalue weighted by atomic mass is 10.3. The molecule has 0 spiro atoms. The Morgan fingerprint density at radius 2 is 0.971 bits per heavy atom. The van der Waals surface area contributed by atoms with Gasteiger partial charge in [-0.25, -0.2) is 0 Å². The van der Waals surface area contributed by atoms with E-state index in [-0.39, 0.29) is 11.4 Å². The highest BCUT2D eigenvalue weighted by Gasteiger charge is 2.61. The summed E-state index contributed by atoms with van der Waals surface area (Å²) < 4.78 is 160. The third-order valence-corrected chi connectivity index (χ3v) is 3.35. The molecule has 2 aromatic rings. The molecule has 0 saturated carbocycles. The van der Waals surface area contributed by atoms with E-state index in [4.69, 9.17) is 0 Å². The molecule has 1 aromatic heterocycles. The molecular formula is C15H8F12N4O3. The number of benzene rings is 1. The molecule has 190 valence electrons. The number of rotatable bonds is 6. The predicted molar refractivity (Wildman–Crippen MR) is 84.3 cm³/mol. The number of nitrogens with zero attached hydrogens (tertiary/aromatic N) is 3. The van der Waals surface area contributed by atoms with Crippen molar-refractivity contribution in [1.29, 1.82) is 0 Å². The molecule has 7 nitrogen and oxygen atoms in total. The SMILES string of the molecule is Oc1ccc(Nc2nc(OC(C(F)(F)F)C(F)(F)F)nc(OC(C(F)(F)F)C(F)(F)F)n2)cc1. The molecule has 0 aliphatic rings. The first-order chi connectivity index (χ1) is 15.3. The van der Waals surface area contributed by atoms with Gasteiger partial charge in [0.1, 0.15) is 5.75 Å². The Labute approximate surface area is 179 Å². The maximum absolute atomic E-state index is 12.7. The van der Waals surface area contributed by atoms with Gasteiger partial charge in [0.15, 0.2) is 0 Å². The first kappa shape index (κ1) is 26.8. The van der Waals surface area contributed by atoms with Gasteiger partial charge in [0, 0.05) is 5.69 Å². The minimum Gasteiger partial charge on any atom is -0.508 e. The summed E-state index contributed by atoms with van der Waals surface area (Å²) in [5.41, 5.74) is -0.160. The van der Waals surface area contributed by atoms with Gasteiger partial charge in [-0.2, -0.15) is 62.7 Å². The van der Waals surface area contributed by atoms with Crippen LogP contribution in [0, 0.1) is 0 Å². The molecule has 0 aliphatic heterocycles. The zero-order chi connectivity index (χ0) is 26.1. The van der Waals surface area contributed by atoms with Gasteiger partial charge in [0.25, 0.3) is 12.2 Å². The number of hydrogen-bond donors (Lipinski definition) is 2. The summed E-state index contributed by atoms with van der Waals surface area (Å²) in [5, 5.41) is 11.2. The van der Waals surface area contributed by atoms with Crippen LogP contribution < -0.4 is 14.8 Å². The fourth-order valence-electron chi connectivity index (χ4n) is 2.02. The summed E-state index contributed by atoms with van der Waals surface area (Å²) in [5.74, 6) is -1.47. The number of hydrogen-bond acceptors (Lipinski definition) is 7. The molecule has 19 heteroatoms. The van der Waals surface area contributed by atoms with Crippen LogP contribution in [-0.4, -0.2) is 57.0 Å². The van der Waals surface area contributed by atoms with E-state index in [9.17, 15) is 57.8 Å². The van der Waals surface area contributed by atoms with Crippen LogP contribution in [0.5, 0.6) is 17.8 Å². The fourth-order valence-corrected chi connectivity index (χ4v) is 2.02. The number of anilines is 2. The first-order valence-electron chi connectivity index (χ1n) is 8.19. The summed E-state index contributed by atoms with van der Waals surface area (Å²) >= 11 is 0. The number of phenolic OH excluding ortho intramolecular Hbond substituents is 1. The Morgan fingerprint density at radius 1 is 0.618 bits per heavy atom. The van der Waals surface area contributed by atoms with Crippen molar-refractivity contribution in [1.82, 2.24) is 15.0 Å². The van der Waals surface area contributed by atoms with E-state index in [0.29, 0.717) is 0 Å². The van der Waals surface area contributed by atoms with Crippen molar-refractivity contribution in [3.63, 3.8) is 0 Å². The Hall–Kier alpha value is -3.41. The molecule has 34 heavy (non-hydrogen) atoms. The summed E-state index contributed by atoms with van der Waals surface area (Å²) in [6.45, 7) is 0. The number of nitrogens with one attached hydrogen (secondary N) is 1. The van der Waals surface area contributed by atoms with Crippen LogP contribution in [0.2, 0.25) is 0 Å². The number of ether oxygens (including phenoxy) is 2. The second kappa shape index (κ2) is 9.09. The van der Waals surface area contributed by atoms with Crippen molar-refractivity contribution in [2.45, 2.75) is 36.9 Å². The second-order valence-electron chi connectivity index (χ2n) is 6.06. The van der Waals surface area contributed by atoms with Crippen LogP contribution in [0.1, 0.15) is 0 Å². The zero-order valence-electron chi connectivity index (χ0n) is 15.6. The average Bonchev–Trinajstić information content (AvgIpc) is 2.62. The first-order valence-corrected chi connectivity index (χ1v) is 8.19. The number of aromatic nitrogens is 3. The fraction of sp³-hybridized carbons (Fsp3) is 0.400. The highest BCUT2D eigenvalue weighted by Crippen LogP contribution is 2.38. The third-order valence-electron chi connectivity index (χ3n) is 3.35. The van der Waals surface area contributed by atoms with Crippen molar-refractivity contribution >= 4 is 11.6 Å². The second-order valence-corrected chi connectivity index (χ2v) is 6.06. The molecule has 2 rings (SSSR count). The van der Waals surface area contributed by atoms with Gasteiger partial charge in [-0.1, -0.05) is 0 Å². The standard InChI is InChI=1S/C15H8F12N4O3/c16-12(17,18)7(13(19,20)21)33-10-29-9(28-5-1-3-6(32)4-2-5)30-11(31-10)34-8(14(22,23)24)15(25,26)27/h1-4,7-8,32H,(H,28,29,30,31). The summed E-state index contributed by atoms with van der Waals surface area (Å²) in [6, 6.07) is 0.143. The Balaban J connectivity index is 2.53. The van der Waals surface area contributed by atoms with E-state index in [2.05, 4.69) is 29.7 Å². The number of phenols is 1. The predicted octanol–water partition coefficient (Wildman–Crippen LogP) is 5.06. The maximum Gasteiger partial charge on any atom is 0.434 e. The van der Waals surface area contributed by atoms with Crippen LogP contribution in [0.3, 0.4) is 0 Å². The monoisotopic (exact) mass is 520 g/mol. The normalized spacial score (nSPS) is 13.4. The molecule has 2 N–H and O–H groups in total. The van der Waals surface area contributed by atoms with E-state index in [1.807, 2.05) is 0 Å². The van der Waals surface area contributed by atoms with Crippen molar-refractivity contribution in [3.05, 3.63) is 24.3 Å². The van der Waals surface area contributed by atoms with Gasteiger partial charge in [-0.05, 0) is 24.3 Å². The average molecular weight is 520 g/mol. The smallest absolute Gasteiger partial charge is 0.434 e. The molecule has 0 bridgehead atoms. The minimum absolute atomic E-state index is 0.160. The summed E-state index contributed by atoms with van der Waals surface area (Å²) in [4.78, 5) is 8.55. The maximum atomic E-state index is 12.7. The van der Waals surface area contributed by atoms with E-state index >= 15 is 0 Å². The number of aromatic hydroxyl groups is 1. The molecule has 0 unspecified atom stereocenters. The molecule has 0 atom stereocenters. The lowest BCUT2D eigenvalue weighted by molar-refractivity contribution is -0.302. The quantitative estimate of drug-likeness (QED) is 0.407. The molecule has 1 aromatic carbocycles. The van der Waals surface area contributed by atoms with Crippen LogP contribution in [0.15, 0.2) is 24.3 Å². The zero-order valence-corrected chi connectivity index (χ0v) is 15.6. The van der Waals surface area contributed by atoms with Gasteiger partial charge < -0.3 is 19.9 Å². The van der Waals surface area contributed by atoms with Crippen LogP contribution in [0.25, 0.3) is 0 Å². The topological polar surface area (TPSA) is 89.4 Å². The Bertz CT molecular complexity index is 893. The summed E-state index contributed by atoms with van der Waals surface area (Å²) in [7, 11) is 0. The Kier molecular flexibility index (Phi) is 7.17. The number of alkyl halides is 12. The third kappa shape index (κ3) is 7.30. The van der Waals surface area contributed by atoms with Crippen LogP contribution in [-0.2, 0) is 0 Å². The van der Waals surface area contributed by atoms with Crippen molar-refractivity contribution in [2.24, 2.45) is 0 Å². The molecular weight excluding hydrogens is 512 g/mol. The highest BCUT2D eigenvalue weighted by molar-refractivity contribution is 5.54. The van der Waals surface area contributed by atoms with Crippen molar-refractivity contribution in [2.75, 3.05) is 5.32 Å². The lowest BCUT2D eigenvalue weighted by Crippen LogP contribution is -2.47. The molecule has 0 aliphatic carbocycles. The number of halogens is 12. The molecule has 1 heterocycles. The van der Waals surface area contributed by atoms with E-state index in [0.717, 1.165) is 24.3 Å². The molecule has 0 radical (unpaired) electrons. The Morgan fingerprint density at radius 3 is 1.29 bits per heavy atom. The van der Waals surface area contributed by atoms with Gasteiger partial charge in [0.2, 0.25) is 5.95 Å². The van der Waals surface area contributed by atoms with Crippen molar-refractivity contribution < 1.29 is 67.3 Å². The molecule has 0 fully saturated rings. The van der Waals surface area contributed by atoms with Gasteiger partial charge >= 0.3 is 36.7 Å². The van der Waals surface area contributed by atoms with Crippen molar-refractivity contribution in [3.8, 4) is 17.8 Å².